The van der Waals surface area contributed by atoms with Crippen LogP contribution in [0.25, 0.3) is 11.0 Å². The average Bonchev–Trinajstić information content (AvgIpc) is 3.15. The van der Waals surface area contributed by atoms with Gasteiger partial charge in [0.25, 0.3) is 0 Å². The first-order valence-corrected chi connectivity index (χ1v) is 8.64. The number of para-hydroxylation sites is 2. The topological polar surface area (TPSA) is 77.1 Å². The predicted molar refractivity (Wildman–Crippen MR) is 83.8 cm³/mol. The maximum atomic E-state index is 12.2. The highest BCUT2D eigenvalue weighted by atomic mass is 32.2. The fraction of sp³-hybridized carbons (Fsp3) is 0.267. The fourth-order valence-electron chi connectivity index (χ4n) is 2.33. The van der Waals surface area contributed by atoms with Gasteiger partial charge in [0.05, 0.1) is 35.4 Å². The van der Waals surface area contributed by atoms with Crippen molar-refractivity contribution in [3.63, 3.8) is 0 Å². The third-order valence-corrected chi connectivity index (χ3v) is 4.89. The molecule has 3 rings (SSSR count). The van der Waals surface area contributed by atoms with Gasteiger partial charge in [-0.1, -0.05) is 12.1 Å². The van der Waals surface area contributed by atoms with E-state index in [2.05, 4.69) is 9.71 Å². The van der Waals surface area contributed by atoms with Gasteiger partial charge in [0.1, 0.15) is 5.76 Å². The van der Waals surface area contributed by atoms with Gasteiger partial charge in [-0.15, -0.1) is 0 Å². The summed E-state index contributed by atoms with van der Waals surface area (Å²) in [5, 5.41) is 0. The second kappa shape index (κ2) is 5.94. The van der Waals surface area contributed by atoms with Gasteiger partial charge in [0.2, 0.25) is 10.0 Å². The van der Waals surface area contributed by atoms with Crippen LogP contribution in [0.3, 0.4) is 0 Å². The van der Waals surface area contributed by atoms with Crippen molar-refractivity contribution in [2.45, 2.75) is 19.5 Å². The number of hydrogen-bond acceptors (Lipinski definition) is 4. The molecule has 7 heteroatoms. The molecule has 1 N–H and O–H groups in total. The third kappa shape index (κ3) is 3.20. The van der Waals surface area contributed by atoms with Crippen LogP contribution in [0.15, 0.2) is 53.4 Å². The van der Waals surface area contributed by atoms with Crippen molar-refractivity contribution in [1.29, 1.82) is 0 Å². The second-order valence-electron chi connectivity index (χ2n) is 5.10. The van der Waals surface area contributed by atoms with Crippen LogP contribution in [0, 0.1) is 0 Å². The van der Waals surface area contributed by atoms with Crippen molar-refractivity contribution < 1.29 is 12.8 Å². The summed E-state index contributed by atoms with van der Waals surface area (Å²) in [6.45, 7) is 2.10. The molecule has 0 amide bonds. The van der Waals surface area contributed by atoms with Crippen LogP contribution < -0.4 is 4.72 Å². The maximum Gasteiger partial charge on any atom is 0.214 e. The number of imidazole rings is 1. The monoisotopic (exact) mass is 319 g/mol. The van der Waals surface area contributed by atoms with Crippen molar-refractivity contribution >= 4 is 21.1 Å². The molecule has 3 aromatic rings. The van der Waals surface area contributed by atoms with E-state index in [0.717, 1.165) is 11.0 Å². The molecular formula is C15H17N3O3S. The SMILES string of the molecule is CC(NS(=O)(=O)CCn1cnc2ccccc21)c1ccco1. The van der Waals surface area contributed by atoms with E-state index in [0.29, 0.717) is 12.3 Å². The molecule has 6 nitrogen and oxygen atoms in total. The van der Waals surface area contributed by atoms with Gasteiger partial charge in [-0.2, -0.15) is 0 Å². The van der Waals surface area contributed by atoms with Gasteiger partial charge in [-0.3, -0.25) is 0 Å². The van der Waals surface area contributed by atoms with E-state index in [1.165, 1.54) is 6.26 Å². The van der Waals surface area contributed by atoms with E-state index in [9.17, 15) is 8.42 Å². The normalized spacial score (nSPS) is 13.5. The van der Waals surface area contributed by atoms with Crippen molar-refractivity contribution in [1.82, 2.24) is 14.3 Å². The largest absolute Gasteiger partial charge is 0.468 e. The minimum atomic E-state index is -3.41. The van der Waals surface area contributed by atoms with E-state index in [1.54, 1.807) is 25.4 Å². The molecular weight excluding hydrogens is 302 g/mol. The first-order valence-electron chi connectivity index (χ1n) is 6.98. The zero-order valence-corrected chi connectivity index (χ0v) is 13.0. The van der Waals surface area contributed by atoms with Crippen LogP contribution in [0.1, 0.15) is 18.7 Å². The highest BCUT2D eigenvalue weighted by Crippen LogP contribution is 2.15. The van der Waals surface area contributed by atoms with Crippen molar-refractivity contribution in [2.75, 3.05) is 5.75 Å². The Morgan fingerprint density at radius 3 is 2.86 bits per heavy atom. The maximum absolute atomic E-state index is 12.2. The van der Waals surface area contributed by atoms with Gasteiger partial charge in [0, 0.05) is 6.54 Å². The number of aryl methyl sites for hydroxylation is 1. The molecule has 1 unspecified atom stereocenters. The predicted octanol–water partition coefficient (Wildman–Crippen LogP) is 2.31. The summed E-state index contributed by atoms with van der Waals surface area (Å²) >= 11 is 0. The number of sulfonamides is 1. The Morgan fingerprint density at radius 1 is 1.27 bits per heavy atom. The van der Waals surface area contributed by atoms with Gasteiger partial charge < -0.3 is 8.98 Å². The summed E-state index contributed by atoms with van der Waals surface area (Å²) in [6.07, 6.45) is 3.19. The van der Waals surface area contributed by atoms with Crippen LogP contribution in [0.4, 0.5) is 0 Å². The summed E-state index contributed by atoms with van der Waals surface area (Å²) in [6, 6.07) is 10.7. The number of hydrogen-bond donors (Lipinski definition) is 1. The molecule has 0 aliphatic rings. The van der Waals surface area contributed by atoms with Crippen LogP contribution in [0.5, 0.6) is 0 Å². The Bertz CT molecular complexity index is 853. The third-order valence-electron chi connectivity index (χ3n) is 3.45. The molecule has 0 aliphatic heterocycles. The smallest absolute Gasteiger partial charge is 0.214 e. The zero-order chi connectivity index (χ0) is 15.6. The number of furan rings is 1. The lowest BCUT2D eigenvalue weighted by molar-refractivity contribution is 0.459. The first kappa shape index (κ1) is 14.8. The van der Waals surface area contributed by atoms with Gasteiger partial charge in [-0.05, 0) is 31.2 Å². The molecule has 0 radical (unpaired) electrons. The Balaban J connectivity index is 1.67. The highest BCUT2D eigenvalue weighted by molar-refractivity contribution is 7.89. The summed E-state index contributed by atoms with van der Waals surface area (Å²) in [4.78, 5) is 4.25. The molecule has 2 heterocycles. The van der Waals surface area contributed by atoms with E-state index in [1.807, 2.05) is 28.8 Å². The van der Waals surface area contributed by atoms with Gasteiger partial charge in [-0.25, -0.2) is 18.1 Å². The number of nitrogens with zero attached hydrogens (tertiary/aromatic N) is 2. The van der Waals surface area contributed by atoms with E-state index < -0.39 is 10.0 Å². The summed E-state index contributed by atoms with van der Waals surface area (Å²) in [7, 11) is -3.41. The first-order chi connectivity index (χ1) is 10.6. The lowest BCUT2D eigenvalue weighted by atomic mass is 10.3. The summed E-state index contributed by atoms with van der Waals surface area (Å²) in [5.41, 5.74) is 1.79. The molecule has 0 saturated heterocycles. The average molecular weight is 319 g/mol. The molecule has 22 heavy (non-hydrogen) atoms. The molecule has 0 fully saturated rings. The Kier molecular flexibility index (Phi) is 4.00. The molecule has 1 aromatic carbocycles. The van der Waals surface area contributed by atoms with Crippen LogP contribution in [0.2, 0.25) is 0 Å². The van der Waals surface area contributed by atoms with E-state index >= 15 is 0 Å². The van der Waals surface area contributed by atoms with Gasteiger partial charge in [0.15, 0.2) is 0 Å². The van der Waals surface area contributed by atoms with Gasteiger partial charge >= 0.3 is 0 Å². The molecule has 116 valence electrons. The highest BCUT2D eigenvalue weighted by Gasteiger charge is 2.17. The van der Waals surface area contributed by atoms with Crippen molar-refractivity contribution in [3.8, 4) is 0 Å². The summed E-state index contributed by atoms with van der Waals surface area (Å²) in [5.74, 6) is 0.579. The fourth-order valence-corrected chi connectivity index (χ4v) is 3.54. The van der Waals surface area contributed by atoms with E-state index in [4.69, 9.17) is 4.42 Å². The van der Waals surface area contributed by atoms with Crippen molar-refractivity contribution in [2.24, 2.45) is 0 Å². The number of aromatic nitrogens is 2. The number of rotatable bonds is 6. The molecule has 0 aliphatic carbocycles. The molecule has 1 atom stereocenters. The Morgan fingerprint density at radius 2 is 2.09 bits per heavy atom. The molecule has 2 aromatic heterocycles. The number of fused-ring (bicyclic) bond motifs is 1. The standard InChI is InChI=1S/C15H17N3O3S/c1-12(15-7-4-9-21-15)17-22(19,20)10-8-18-11-16-13-5-2-3-6-14(13)18/h2-7,9,11-12,17H,8,10H2,1H3. The Labute approximate surface area is 128 Å². The summed E-state index contributed by atoms with van der Waals surface area (Å²) < 4.78 is 34.0. The quantitative estimate of drug-likeness (QED) is 0.756. The Hall–Kier alpha value is -2.12. The van der Waals surface area contributed by atoms with E-state index in [-0.39, 0.29) is 11.8 Å². The molecule has 0 saturated carbocycles. The lowest BCUT2D eigenvalue weighted by Crippen LogP contribution is -2.30. The van der Waals surface area contributed by atoms with Crippen LogP contribution in [-0.2, 0) is 16.6 Å². The van der Waals surface area contributed by atoms with Crippen LogP contribution >= 0.6 is 0 Å². The lowest BCUT2D eigenvalue weighted by Gasteiger charge is -2.12. The minimum Gasteiger partial charge on any atom is -0.468 e. The second-order valence-corrected chi connectivity index (χ2v) is 6.97. The number of benzene rings is 1. The number of nitrogens with one attached hydrogen (secondary N) is 1. The minimum absolute atomic E-state index is 0.0155. The molecule has 0 bridgehead atoms. The zero-order valence-electron chi connectivity index (χ0n) is 12.1. The molecule has 0 spiro atoms. The van der Waals surface area contributed by atoms with Crippen molar-refractivity contribution in [3.05, 3.63) is 54.7 Å². The van der Waals surface area contributed by atoms with Crippen LogP contribution in [-0.4, -0.2) is 23.7 Å².